The number of imide groups is 1. The highest BCUT2D eigenvalue weighted by molar-refractivity contribution is 9.10. The Morgan fingerprint density at radius 2 is 1.74 bits per heavy atom. The number of amides is 3. The van der Waals surface area contributed by atoms with Crippen LogP contribution in [0.4, 0.5) is 10.5 Å². The van der Waals surface area contributed by atoms with Gasteiger partial charge in [-0.05, 0) is 60.7 Å². The van der Waals surface area contributed by atoms with Crippen molar-refractivity contribution in [2.24, 2.45) is 0 Å². The molecule has 0 atom stereocenters. The van der Waals surface area contributed by atoms with Gasteiger partial charge in [0.1, 0.15) is 5.70 Å². The average Bonchev–Trinajstić information content (AvgIpc) is 3.21. The molecule has 2 heterocycles. The lowest BCUT2D eigenvalue weighted by Crippen LogP contribution is -2.30. The van der Waals surface area contributed by atoms with Crippen molar-refractivity contribution in [3.05, 3.63) is 87.7 Å². The molecule has 0 unspecified atom stereocenters. The molecular weight excluding hydrogens is 430 g/mol. The van der Waals surface area contributed by atoms with Crippen LogP contribution in [0.25, 0.3) is 11.8 Å². The van der Waals surface area contributed by atoms with Crippen LogP contribution in [-0.4, -0.2) is 16.5 Å². The second-order valence-electron chi connectivity index (χ2n) is 5.89. The molecule has 0 saturated carbocycles. The Bertz CT molecular complexity index is 1070. The molecule has 0 radical (unpaired) electrons. The van der Waals surface area contributed by atoms with Crippen molar-refractivity contribution in [2.75, 3.05) is 4.90 Å². The summed E-state index contributed by atoms with van der Waals surface area (Å²) < 4.78 is 2.88. The third kappa shape index (κ3) is 3.41. The lowest BCUT2D eigenvalue weighted by atomic mass is 10.2. The summed E-state index contributed by atoms with van der Waals surface area (Å²) in [6.07, 6.45) is 3.56. The van der Waals surface area contributed by atoms with E-state index in [2.05, 4.69) is 21.2 Å². The zero-order chi connectivity index (χ0) is 19.0. The van der Waals surface area contributed by atoms with Crippen LogP contribution in [0.15, 0.2) is 77.0 Å². The minimum absolute atomic E-state index is 0.213. The fourth-order valence-corrected chi connectivity index (χ4v) is 3.39. The van der Waals surface area contributed by atoms with E-state index in [1.165, 1.54) is 0 Å². The molecule has 134 valence electrons. The van der Waals surface area contributed by atoms with Gasteiger partial charge in [0.2, 0.25) is 0 Å². The number of carbonyl (C=O) groups is 2. The summed E-state index contributed by atoms with van der Waals surface area (Å²) in [5.74, 6) is -0.413. The number of hydrogen-bond acceptors (Lipinski definition) is 2. The van der Waals surface area contributed by atoms with Crippen LogP contribution in [0.1, 0.15) is 5.69 Å². The van der Waals surface area contributed by atoms with Crippen LogP contribution in [-0.2, 0) is 4.79 Å². The minimum atomic E-state index is -0.492. The van der Waals surface area contributed by atoms with Crippen LogP contribution >= 0.6 is 27.5 Å². The Kier molecular flexibility index (Phi) is 4.59. The van der Waals surface area contributed by atoms with Gasteiger partial charge in [-0.3, -0.25) is 4.79 Å². The van der Waals surface area contributed by atoms with Crippen LogP contribution in [0.5, 0.6) is 0 Å². The zero-order valence-corrected chi connectivity index (χ0v) is 16.2. The van der Waals surface area contributed by atoms with E-state index in [1.54, 1.807) is 30.3 Å². The fourth-order valence-electron chi connectivity index (χ4n) is 2.88. The summed E-state index contributed by atoms with van der Waals surface area (Å²) in [5.41, 5.74) is 2.39. The fraction of sp³-hybridized carbons (Fsp3) is 0. The second kappa shape index (κ2) is 7.06. The molecule has 0 aliphatic carbocycles. The third-order valence-corrected chi connectivity index (χ3v) is 4.87. The maximum atomic E-state index is 12.8. The van der Waals surface area contributed by atoms with Crippen LogP contribution < -0.4 is 10.2 Å². The molecule has 27 heavy (non-hydrogen) atoms. The highest BCUT2D eigenvalue weighted by atomic mass is 79.9. The monoisotopic (exact) mass is 441 g/mol. The molecule has 3 amide bonds. The van der Waals surface area contributed by atoms with Crippen molar-refractivity contribution in [2.45, 2.75) is 0 Å². The number of hydrogen-bond donors (Lipinski definition) is 1. The van der Waals surface area contributed by atoms with E-state index < -0.39 is 11.9 Å². The van der Waals surface area contributed by atoms with Gasteiger partial charge in [0.15, 0.2) is 0 Å². The van der Waals surface area contributed by atoms with E-state index in [1.807, 2.05) is 47.2 Å². The molecule has 1 fully saturated rings. The average molecular weight is 443 g/mol. The van der Waals surface area contributed by atoms with E-state index in [4.69, 9.17) is 11.6 Å². The first-order valence-electron chi connectivity index (χ1n) is 8.09. The van der Waals surface area contributed by atoms with Crippen molar-refractivity contribution < 1.29 is 9.59 Å². The van der Waals surface area contributed by atoms with Crippen molar-refractivity contribution >= 4 is 51.2 Å². The normalized spacial score (nSPS) is 15.5. The van der Waals surface area contributed by atoms with E-state index in [0.29, 0.717) is 10.7 Å². The SMILES string of the molecule is O=C1N/C(=C/c2cccn2-c2cccc(Br)c2)C(=O)N1c1ccc(Cl)cc1. The molecule has 2 aromatic carbocycles. The Morgan fingerprint density at radius 1 is 0.963 bits per heavy atom. The topological polar surface area (TPSA) is 54.3 Å². The standard InChI is InChI=1S/C20H13BrClN3O2/c21-13-3-1-4-16(11-13)24-10-2-5-17(24)12-18-19(26)25(20(27)23-18)15-8-6-14(22)7-9-15/h1-12H,(H,23,27)/b18-12+. The van der Waals surface area contributed by atoms with Crippen LogP contribution in [0.3, 0.4) is 0 Å². The number of halogens is 2. The molecule has 3 aromatic rings. The molecule has 1 aromatic heterocycles. The number of rotatable bonds is 3. The molecule has 0 bridgehead atoms. The predicted molar refractivity (Wildman–Crippen MR) is 109 cm³/mol. The maximum absolute atomic E-state index is 12.8. The third-order valence-electron chi connectivity index (χ3n) is 4.12. The van der Waals surface area contributed by atoms with Gasteiger partial charge in [0.05, 0.1) is 5.69 Å². The number of carbonyl (C=O) groups excluding carboxylic acids is 2. The van der Waals surface area contributed by atoms with Crippen molar-refractivity contribution in [3.8, 4) is 5.69 Å². The van der Waals surface area contributed by atoms with Crippen LogP contribution in [0.2, 0.25) is 5.02 Å². The number of anilines is 1. The molecule has 1 aliphatic heterocycles. The highest BCUT2D eigenvalue weighted by Crippen LogP contribution is 2.25. The molecule has 0 spiro atoms. The molecule has 4 rings (SSSR count). The molecule has 7 heteroatoms. The van der Waals surface area contributed by atoms with E-state index >= 15 is 0 Å². The number of aromatic nitrogens is 1. The molecule has 5 nitrogen and oxygen atoms in total. The lowest BCUT2D eigenvalue weighted by Gasteiger charge is -2.11. The Balaban J connectivity index is 1.68. The molecule has 1 saturated heterocycles. The zero-order valence-electron chi connectivity index (χ0n) is 13.9. The van der Waals surface area contributed by atoms with E-state index in [9.17, 15) is 9.59 Å². The van der Waals surface area contributed by atoms with Crippen LogP contribution in [0, 0.1) is 0 Å². The summed E-state index contributed by atoms with van der Waals surface area (Å²) in [5, 5.41) is 3.17. The van der Waals surface area contributed by atoms with Crippen molar-refractivity contribution in [1.82, 2.24) is 9.88 Å². The first-order valence-corrected chi connectivity index (χ1v) is 9.26. The number of benzene rings is 2. The smallest absolute Gasteiger partial charge is 0.317 e. The Hall–Kier alpha value is -2.83. The summed E-state index contributed by atoms with van der Waals surface area (Å²) in [4.78, 5) is 26.2. The lowest BCUT2D eigenvalue weighted by molar-refractivity contribution is -0.113. The van der Waals surface area contributed by atoms with Gasteiger partial charge >= 0.3 is 6.03 Å². The van der Waals surface area contributed by atoms with E-state index in [0.717, 1.165) is 20.8 Å². The first kappa shape index (κ1) is 17.6. The Labute approximate surface area is 169 Å². The van der Waals surface area contributed by atoms with Crippen molar-refractivity contribution in [3.63, 3.8) is 0 Å². The largest absolute Gasteiger partial charge is 0.333 e. The second-order valence-corrected chi connectivity index (χ2v) is 7.24. The first-order chi connectivity index (χ1) is 13.0. The minimum Gasteiger partial charge on any atom is -0.317 e. The summed E-state index contributed by atoms with van der Waals surface area (Å²) in [7, 11) is 0. The van der Waals surface area contributed by atoms with E-state index in [-0.39, 0.29) is 5.70 Å². The van der Waals surface area contributed by atoms with Gasteiger partial charge < -0.3 is 9.88 Å². The van der Waals surface area contributed by atoms with Gasteiger partial charge in [0, 0.05) is 27.1 Å². The predicted octanol–water partition coefficient (Wildman–Crippen LogP) is 4.99. The summed E-state index contributed by atoms with van der Waals surface area (Å²) >= 11 is 9.34. The number of urea groups is 1. The summed E-state index contributed by atoms with van der Waals surface area (Å²) in [6, 6.07) is 17.6. The van der Waals surface area contributed by atoms with Gasteiger partial charge in [-0.1, -0.05) is 33.6 Å². The number of nitrogens with one attached hydrogen (secondary N) is 1. The Morgan fingerprint density at radius 3 is 2.48 bits per heavy atom. The van der Waals surface area contributed by atoms with Gasteiger partial charge in [0.25, 0.3) is 5.91 Å². The molecule has 1 N–H and O–H groups in total. The van der Waals surface area contributed by atoms with Crippen molar-refractivity contribution in [1.29, 1.82) is 0 Å². The van der Waals surface area contributed by atoms with Gasteiger partial charge in [-0.15, -0.1) is 0 Å². The quantitative estimate of drug-likeness (QED) is 0.459. The molecule has 1 aliphatic rings. The highest BCUT2D eigenvalue weighted by Gasteiger charge is 2.35. The van der Waals surface area contributed by atoms with Gasteiger partial charge in [-0.25, -0.2) is 9.69 Å². The van der Waals surface area contributed by atoms with Gasteiger partial charge in [-0.2, -0.15) is 0 Å². The summed E-state index contributed by atoms with van der Waals surface area (Å²) in [6.45, 7) is 0. The number of nitrogens with zero attached hydrogens (tertiary/aromatic N) is 2. The maximum Gasteiger partial charge on any atom is 0.333 e. The molecular formula is C20H13BrClN3O2.